The molecule has 0 amide bonds. The second-order valence-corrected chi connectivity index (χ2v) is 6.53. The summed E-state index contributed by atoms with van der Waals surface area (Å²) in [4.78, 5) is 2.12. The van der Waals surface area contributed by atoms with Gasteiger partial charge in [-0.2, -0.15) is 5.26 Å². The zero-order valence-electron chi connectivity index (χ0n) is 14.0. The third kappa shape index (κ3) is 3.75. The van der Waals surface area contributed by atoms with Crippen LogP contribution in [0.15, 0.2) is 48.5 Å². The Morgan fingerprint density at radius 2 is 1.87 bits per heavy atom. The lowest BCUT2D eigenvalue weighted by molar-refractivity contribution is 0.371. The van der Waals surface area contributed by atoms with E-state index in [1.165, 1.54) is 5.56 Å². The minimum Gasteiger partial charge on any atom is -0.309 e. The molecule has 0 N–H and O–H groups in total. The van der Waals surface area contributed by atoms with Gasteiger partial charge in [0, 0.05) is 5.02 Å². The number of benzene rings is 2. The Morgan fingerprint density at radius 3 is 2.48 bits per heavy atom. The van der Waals surface area contributed by atoms with Gasteiger partial charge in [0.1, 0.15) is 5.41 Å². The van der Waals surface area contributed by atoms with E-state index in [9.17, 15) is 5.26 Å². The second kappa shape index (κ2) is 7.64. The van der Waals surface area contributed by atoms with Crippen LogP contribution in [0.4, 0.5) is 0 Å². The smallest absolute Gasteiger partial charge is 0.109 e. The second-order valence-electron chi connectivity index (χ2n) is 6.09. The normalized spacial score (nSPS) is 13.6. The Morgan fingerprint density at radius 1 is 1.13 bits per heavy atom. The van der Waals surface area contributed by atoms with Crippen LogP contribution in [0.2, 0.25) is 5.02 Å². The lowest BCUT2D eigenvalue weighted by Gasteiger charge is -2.31. The molecule has 0 spiro atoms. The Balaban J connectivity index is 2.65. The zero-order valence-corrected chi connectivity index (χ0v) is 14.8. The molecule has 1 unspecified atom stereocenters. The summed E-state index contributed by atoms with van der Waals surface area (Å²) in [5.74, 6) is 0. The lowest BCUT2D eigenvalue weighted by atomic mass is 9.71. The predicted octanol–water partition coefficient (Wildman–Crippen LogP) is 4.66. The van der Waals surface area contributed by atoms with Crippen LogP contribution in [-0.4, -0.2) is 25.5 Å². The topological polar surface area (TPSA) is 27.0 Å². The monoisotopic (exact) mass is 326 g/mol. The first-order valence-electron chi connectivity index (χ1n) is 7.94. The van der Waals surface area contributed by atoms with Gasteiger partial charge >= 0.3 is 0 Å². The summed E-state index contributed by atoms with van der Waals surface area (Å²) < 4.78 is 0. The number of halogens is 1. The van der Waals surface area contributed by atoms with Crippen molar-refractivity contribution in [2.45, 2.75) is 25.2 Å². The van der Waals surface area contributed by atoms with Gasteiger partial charge in [0.2, 0.25) is 0 Å². The van der Waals surface area contributed by atoms with Crippen molar-refractivity contribution in [3.8, 4) is 6.07 Å². The molecule has 0 aliphatic rings. The quantitative estimate of drug-likeness (QED) is 0.771. The molecular formula is C20H23ClN2. The molecule has 0 heterocycles. The van der Waals surface area contributed by atoms with Gasteiger partial charge in [0.25, 0.3) is 0 Å². The highest BCUT2D eigenvalue weighted by atomic mass is 35.5. The number of hydrogen-bond acceptors (Lipinski definition) is 2. The van der Waals surface area contributed by atoms with Crippen molar-refractivity contribution in [1.82, 2.24) is 4.90 Å². The molecule has 3 heteroatoms. The molecule has 0 fully saturated rings. The highest BCUT2D eigenvalue weighted by Gasteiger charge is 2.36. The van der Waals surface area contributed by atoms with Crippen LogP contribution in [0.25, 0.3) is 0 Å². The number of nitriles is 1. The Labute approximate surface area is 144 Å². The summed E-state index contributed by atoms with van der Waals surface area (Å²) in [5.41, 5.74) is 2.60. The Kier molecular flexibility index (Phi) is 5.82. The maximum absolute atomic E-state index is 10.2. The van der Waals surface area contributed by atoms with Gasteiger partial charge in [0.15, 0.2) is 0 Å². The molecule has 1 atom stereocenters. The minimum absolute atomic E-state index is 0.668. The molecule has 0 saturated carbocycles. The average Bonchev–Trinajstić information content (AvgIpc) is 2.56. The number of aryl methyl sites for hydroxylation is 1. The van der Waals surface area contributed by atoms with Gasteiger partial charge in [-0.3, -0.25) is 0 Å². The van der Waals surface area contributed by atoms with E-state index in [-0.39, 0.29) is 0 Å². The van der Waals surface area contributed by atoms with E-state index >= 15 is 0 Å². The van der Waals surface area contributed by atoms with Crippen molar-refractivity contribution < 1.29 is 0 Å². The predicted molar refractivity (Wildman–Crippen MR) is 96.8 cm³/mol. The van der Waals surface area contributed by atoms with E-state index in [0.717, 1.165) is 30.5 Å². The molecule has 2 aromatic carbocycles. The molecule has 23 heavy (non-hydrogen) atoms. The largest absolute Gasteiger partial charge is 0.309 e. The van der Waals surface area contributed by atoms with Crippen LogP contribution in [0, 0.1) is 11.3 Å². The van der Waals surface area contributed by atoms with Gasteiger partial charge in [-0.1, -0.05) is 54.9 Å². The first-order valence-corrected chi connectivity index (χ1v) is 8.31. The first kappa shape index (κ1) is 17.5. The SMILES string of the molecule is CCc1ccccc1C(C#N)(CCN(C)C)c1cccc(Cl)c1. The fourth-order valence-corrected chi connectivity index (χ4v) is 3.20. The number of nitrogens with zero attached hydrogens (tertiary/aromatic N) is 2. The van der Waals surface area contributed by atoms with Crippen LogP contribution in [0.3, 0.4) is 0 Å². The Hall–Kier alpha value is -1.82. The van der Waals surface area contributed by atoms with Crippen LogP contribution in [0.5, 0.6) is 0 Å². The van der Waals surface area contributed by atoms with Gasteiger partial charge < -0.3 is 4.90 Å². The average molecular weight is 327 g/mol. The standard InChI is InChI=1S/C20H23ClN2/c1-4-16-8-5-6-11-19(16)20(15-22,12-13-23(2)3)17-9-7-10-18(21)14-17/h5-11,14H,4,12-13H2,1-3H3. The highest BCUT2D eigenvalue weighted by Crippen LogP contribution is 2.38. The Bertz CT molecular complexity index is 703. The third-order valence-corrected chi connectivity index (χ3v) is 4.54. The summed E-state index contributed by atoms with van der Waals surface area (Å²) in [6.07, 6.45) is 1.63. The van der Waals surface area contributed by atoms with Gasteiger partial charge in [-0.15, -0.1) is 0 Å². The van der Waals surface area contributed by atoms with E-state index < -0.39 is 5.41 Å². The summed E-state index contributed by atoms with van der Waals surface area (Å²) in [5, 5.41) is 10.9. The van der Waals surface area contributed by atoms with Gasteiger partial charge in [0.05, 0.1) is 6.07 Å². The molecule has 120 valence electrons. The van der Waals surface area contributed by atoms with E-state index in [1.54, 1.807) is 0 Å². The van der Waals surface area contributed by atoms with Crippen molar-refractivity contribution in [3.63, 3.8) is 0 Å². The number of rotatable bonds is 6. The summed E-state index contributed by atoms with van der Waals surface area (Å²) in [7, 11) is 4.07. The molecule has 2 nitrogen and oxygen atoms in total. The fraction of sp³-hybridized carbons (Fsp3) is 0.350. The molecule has 2 aromatic rings. The maximum atomic E-state index is 10.2. The zero-order chi connectivity index (χ0) is 16.9. The van der Waals surface area contributed by atoms with Crippen LogP contribution < -0.4 is 0 Å². The molecule has 0 bridgehead atoms. The van der Waals surface area contributed by atoms with Gasteiger partial charge in [-0.05, 0) is 62.3 Å². The molecule has 0 aliphatic heterocycles. The summed E-state index contributed by atoms with van der Waals surface area (Å²) in [6, 6.07) is 18.6. The van der Waals surface area contributed by atoms with Crippen molar-refractivity contribution in [2.75, 3.05) is 20.6 Å². The van der Waals surface area contributed by atoms with Crippen molar-refractivity contribution >= 4 is 11.6 Å². The van der Waals surface area contributed by atoms with E-state index in [0.29, 0.717) is 5.02 Å². The fourth-order valence-electron chi connectivity index (χ4n) is 3.01. The van der Waals surface area contributed by atoms with Crippen LogP contribution >= 0.6 is 11.6 Å². The van der Waals surface area contributed by atoms with Crippen molar-refractivity contribution in [1.29, 1.82) is 5.26 Å². The van der Waals surface area contributed by atoms with E-state index in [2.05, 4.69) is 30.0 Å². The minimum atomic E-state index is -0.679. The maximum Gasteiger partial charge on any atom is 0.109 e. The number of hydrogen-bond donors (Lipinski definition) is 0. The van der Waals surface area contributed by atoms with Crippen LogP contribution in [0.1, 0.15) is 30.0 Å². The van der Waals surface area contributed by atoms with E-state index in [1.807, 2.05) is 50.5 Å². The van der Waals surface area contributed by atoms with Crippen molar-refractivity contribution in [2.24, 2.45) is 0 Å². The molecule has 0 aromatic heterocycles. The van der Waals surface area contributed by atoms with Crippen molar-refractivity contribution in [3.05, 3.63) is 70.2 Å². The van der Waals surface area contributed by atoms with Gasteiger partial charge in [-0.25, -0.2) is 0 Å². The first-order chi connectivity index (χ1) is 11.0. The summed E-state index contributed by atoms with van der Waals surface area (Å²) in [6.45, 7) is 2.96. The van der Waals surface area contributed by atoms with E-state index in [4.69, 9.17) is 11.6 Å². The molecule has 2 rings (SSSR count). The molecule has 0 saturated heterocycles. The third-order valence-electron chi connectivity index (χ3n) is 4.30. The van der Waals surface area contributed by atoms with Crippen LogP contribution in [-0.2, 0) is 11.8 Å². The molecule has 0 aliphatic carbocycles. The molecule has 0 radical (unpaired) electrons. The highest BCUT2D eigenvalue weighted by molar-refractivity contribution is 6.30. The lowest BCUT2D eigenvalue weighted by Crippen LogP contribution is -2.31. The summed E-state index contributed by atoms with van der Waals surface area (Å²) >= 11 is 6.21. The molecular weight excluding hydrogens is 304 g/mol.